The maximum atomic E-state index is 13.0. The number of thiophene rings is 1. The molecule has 1 saturated heterocycles. The van der Waals surface area contributed by atoms with Gasteiger partial charge in [0.15, 0.2) is 0 Å². The molecule has 0 unspecified atom stereocenters. The number of amides is 2. The summed E-state index contributed by atoms with van der Waals surface area (Å²) in [7, 11) is 0. The molecule has 1 aliphatic heterocycles. The summed E-state index contributed by atoms with van der Waals surface area (Å²) in [4.78, 5) is 34.9. The monoisotopic (exact) mass is 437 g/mol. The first-order chi connectivity index (χ1) is 15.2. The van der Waals surface area contributed by atoms with Crippen LogP contribution in [-0.4, -0.2) is 63.9 Å². The van der Waals surface area contributed by atoms with Crippen LogP contribution in [0.4, 0.5) is 5.69 Å². The van der Waals surface area contributed by atoms with E-state index in [0.29, 0.717) is 24.2 Å². The predicted octanol–water partition coefficient (Wildman–Crippen LogP) is 2.97. The van der Waals surface area contributed by atoms with E-state index in [1.54, 1.807) is 29.9 Å². The van der Waals surface area contributed by atoms with Crippen LogP contribution >= 0.6 is 11.3 Å². The Labute approximate surface area is 186 Å². The Bertz CT molecular complexity index is 979. The molecule has 1 N–H and O–H groups in total. The third kappa shape index (κ3) is 6.02. The number of rotatable bonds is 8. The number of carbonyl (C=O) groups is 2. The minimum atomic E-state index is -0.0855. The summed E-state index contributed by atoms with van der Waals surface area (Å²) in [5.74, 6) is -0.0647. The van der Waals surface area contributed by atoms with E-state index < -0.39 is 0 Å². The Balaban J connectivity index is 1.25. The van der Waals surface area contributed by atoms with Gasteiger partial charge in [0.25, 0.3) is 5.91 Å². The molecule has 0 saturated carbocycles. The second kappa shape index (κ2) is 10.4. The minimum Gasteiger partial charge on any atom is -0.337 e. The largest absolute Gasteiger partial charge is 0.337 e. The van der Waals surface area contributed by atoms with E-state index in [9.17, 15) is 9.59 Å². The number of anilines is 1. The molecule has 0 spiro atoms. The first kappa shape index (κ1) is 21.3. The topological polar surface area (TPSA) is 70.5 Å². The van der Waals surface area contributed by atoms with Gasteiger partial charge in [-0.25, -0.2) is 4.98 Å². The van der Waals surface area contributed by atoms with Gasteiger partial charge in [-0.2, -0.15) is 0 Å². The van der Waals surface area contributed by atoms with Gasteiger partial charge in [-0.05, 0) is 36.1 Å². The quantitative estimate of drug-likeness (QED) is 0.588. The highest BCUT2D eigenvalue weighted by Crippen LogP contribution is 2.16. The van der Waals surface area contributed by atoms with E-state index in [1.807, 2.05) is 33.9 Å². The third-order valence-electron chi connectivity index (χ3n) is 5.46. The van der Waals surface area contributed by atoms with Crippen molar-refractivity contribution in [2.45, 2.75) is 19.4 Å². The Morgan fingerprint density at radius 2 is 1.94 bits per heavy atom. The van der Waals surface area contributed by atoms with Crippen molar-refractivity contribution in [1.82, 2.24) is 19.4 Å². The Kier molecular flexibility index (Phi) is 7.11. The number of nitrogens with zero attached hydrogens (tertiary/aromatic N) is 4. The lowest BCUT2D eigenvalue weighted by molar-refractivity contribution is -0.116. The zero-order valence-corrected chi connectivity index (χ0v) is 18.3. The Morgan fingerprint density at radius 3 is 2.68 bits per heavy atom. The molecule has 0 atom stereocenters. The Hall–Kier alpha value is -2.97. The van der Waals surface area contributed by atoms with Crippen LogP contribution in [0.15, 0.2) is 60.5 Å². The van der Waals surface area contributed by atoms with Gasteiger partial charge in [-0.1, -0.05) is 12.1 Å². The molecule has 1 fully saturated rings. The lowest BCUT2D eigenvalue weighted by atomic mass is 10.1. The van der Waals surface area contributed by atoms with E-state index in [0.717, 1.165) is 39.1 Å². The average Bonchev–Trinajstić information content (AvgIpc) is 3.51. The van der Waals surface area contributed by atoms with Gasteiger partial charge in [0.1, 0.15) is 0 Å². The van der Waals surface area contributed by atoms with Gasteiger partial charge in [0.05, 0.1) is 6.33 Å². The summed E-state index contributed by atoms with van der Waals surface area (Å²) in [6.45, 7) is 4.84. The highest BCUT2D eigenvalue weighted by atomic mass is 32.1. The molecular weight excluding hydrogens is 410 g/mol. The molecule has 1 aromatic carbocycles. The van der Waals surface area contributed by atoms with Crippen molar-refractivity contribution < 1.29 is 9.59 Å². The fraction of sp³-hybridized carbons (Fsp3) is 0.348. The summed E-state index contributed by atoms with van der Waals surface area (Å²) in [5, 5.41) is 5.00. The molecule has 1 aliphatic rings. The van der Waals surface area contributed by atoms with Gasteiger partial charge in [-0.15, -0.1) is 11.3 Å². The Morgan fingerprint density at radius 1 is 1.06 bits per heavy atom. The first-order valence-corrected chi connectivity index (χ1v) is 11.4. The number of benzene rings is 1. The minimum absolute atomic E-state index is 0.0208. The lowest BCUT2D eigenvalue weighted by Crippen LogP contribution is -2.49. The molecule has 0 radical (unpaired) electrons. The van der Waals surface area contributed by atoms with Gasteiger partial charge >= 0.3 is 0 Å². The normalized spacial score (nSPS) is 14.5. The predicted molar refractivity (Wildman–Crippen MR) is 122 cm³/mol. The van der Waals surface area contributed by atoms with Gasteiger partial charge in [0.2, 0.25) is 5.91 Å². The molecule has 4 rings (SSSR count). The average molecular weight is 438 g/mol. The van der Waals surface area contributed by atoms with Crippen LogP contribution in [0.2, 0.25) is 0 Å². The molecule has 31 heavy (non-hydrogen) atoms. The number of imidazole rings is 1. The highest BCUT2D eigenvalue weighted by Gasteiger charge is 2.22. The van der Waals surface area contributed by atoms with E-state index in [2.05, 4.69) is 32.7 Å². The fourth-order valence-electron chi connectivity index (χ4n) is 3.68. The van der Waals surface area contributed by atoms with Crippen LogP contribution in [0, 0.1) is 0 Å². The summed E-state index contributed by atoms with van der Waals surface area (Å²) in [6, 6.07) is 11.5. The smallest absolute Gasteiger partial charge is 0.254 e. The lowest BCUT2D eigenvalue weighted by Gasteiger charge is -2.34. The standard InChI is InChI=1S/C23H27N5O2S/c29-22(7-10-27-11-8-24-18-27)25-20-4-1-3-19(17-20)23(30)28-14-12-26(13-15-28)9-6-21-5-2-16-31-21/h1-5,8,11,16-18H,6-7,9-10,12-15H2,(H,25,29). The molecule has 162 valence electrons. The van der Waals surface area contributed by atoms with Gasteiger partial charge < -0.3 is 14.8 Å². The molecule has 8 heteroatoms. The number of hydrogen-bond acceptors (Lipinski definition) is 5. The van der Waals surface area contributed by atoms with Crippen molar-refractivity contribution in [3.05, 3.63) is 70.9 Å². The van der Waals surface area contributed by atoms with Crippen LogP contribution in [0.25, 0.3) is 0 Å². The molecule has 3 aromatic rings. The maximum Gasteiger partial charge on any atom is 0.254 e. The zero-order chi connectivity index (χ0) is 21.5. The van der Waals surface area contributed by atoms with Crippen LogP contribution in [0.3, 0.4) is 0 Å². The number of carbonyl (C=O) groups excluding carboxylic acids is 2. The molecule has 3 heterocycles. The SMILES string of the molecule is O=C(CCn1ccnc1)Nc1cccc(C(=O)N2CCN(CCc3cccs3)CC2)c1. The van der Waals surface area contributed by atoms with Gasteiger partial charge in [-0.3, -0.25) is 14.5 Å². The van der Waals surface area contributed by atoms with Crippen molar-refractivity contribution in [2.24, 2.45) is 0 Å². The second-order valence-electron chi connectivity index (χ2n) is 7.64. The number of nitrogens with one attached hydrogen (secondary N) is 1. The number of hydrogen-bond donors (Lipinski definition) is 1. The van der Waals surface area contributed by atoms with Crippen LogP contribution in [0.5, 0.6) is 0 Å². The van der Waals surface area contributed by atoms with E-state index in [4.69, 9.17) is 0 Å². The molecule has 7 nitrogen and oxygen atoms in total. The first-order valence-electron chi connectivity index (χ1n) is 10.6. The summed E-state index contributed by atoms with van der Waals surface area (Å²) >= 11 is 1.80. The van der Waals surface area contributed by atoms with Crippen molar-refractivity contribution in [3.63, 3.8) is 0 Å². The van der Waals surface area contributed by atoms with Crippen LogP contribution in [-0.2, 0) is 17.8 Å². The summed E-state index contributed by atoms with van der Waals surface area (Å²) in [5.41, 5.74) is 1.26. The van der Waals surface area contributed by atoms with Gasteiger partial charge in [0, 0.05) is 74.2 Å². The molecule has 2 amide bonds. The van der Waals surface area contributed by atoms with Crippen molar-refractivity contribution in [2.75, 3.05) is 38.0 Å². The molecule has 0 aliphatic carbocycles. The molecular formula is C23H27N5O2S. The second-order valence-corrected chi connectivity index (χ2v) is 8.67. The van der Waals surface area contributed by atoms with Crippen molar-refractivity contribution in [3.8, 4) is 0 Å². The number of aryl methyl sites for hydroxylation is 1. The summed E-state index contributed by atoms with van der Waals surface area (Å²) in [6.07, 6.45) is 6.62. The van der Waals surface area contributed by atoms with Crippen LogP contribution in [0.1, 0.15) is 21.7 Å². The third-order valence-corrected chi connectivity index (χ3v) is 6.40. The number of aromatic nitrogens is 2. The zero-order valence-electron chi connectivity index (χ0n) is 17.4. The van der Waals surface area contributed by atoms with Crippen LogP contribution < -0.4 is 5.32 Å². The van der Waals surface area contributed by atoms with Crippen molar-refractivity contribution in [1.29, 1.82) is 0 Å². The highest BCUT2D eigenvalue weighted by molar-refractivity contribution is 7.09. The number of piperazine rings is 1. The fourth-order valence-corrected chi connectivity index (χ4v) is 4.38. The van der Waals surface area contributed by atoms with E-state index in [-0.39, 0.29) is 11.8 Å². The van der Waals surface area contributed by atoms with E-state index >= 15 is 0 Å². The maximum absolute atomic E-state index is 13.0. The molecule has 2 aromatic heterocycles. The van der Waals surface area contributed by atoms with E-state index in [1.165, 1.54) is 4.88 Å². The molecule has 0 bridgehead atoms. The van der Waals surface area contributed by atoms with Crippen molar-refractivity contribution >= 4 is 28.8 Å². The summed E-state index contributed by atoms with van der Waals surface area (Å²) < 4.78 is 1.86.